The molecule has 1 unspecified atom stereocenters. The van der Waals surface area contributed by atoms with Gasteiger partial charge in [-0.3, -0.25) is 8.76 Å². The second kappa shape index (κ2) is 13.4. The predicted molar refractivity (Wildman–Crippen MR) is 99.6 cm³/mol. The molecule has 15 heteroatoms. The van der Waals surface area contributed by atoms with E-state index in [1.165, 1.54) is 11.7 Å². The quantitative estimate of drug-likeness (QED) is 0.0857. The van der Waals surface area contributed by atoms with E-state index in [1.54, 1.807) is 6.08 Å². The second-order valence-corrected chi connectivity index (χ2v) is 8.66. The number of thioether (sulfide) groups is 1. The molecule has 0 spiro atoms. The van der Waals surface area contributed by atoms with Crippen LogP contribution < -0.4 is 0 Å². The molecule has 1 aliphatic heterocycles. The van der Waals surface area contributed by atoms with Crippen LogP contribution in [0, 0.1) is 0 Å². The average Bonchev–Trinajstić information content (AvgIpc) is 2.55. The first kappa shape index (κ1) is 28.1. The van der Waals surface area contributed by atoms with Gasteiger partial charge in [-0.1, -0.05) is 23.0 Å². The molecule has 11 nitrogen and oxygen atoms in total. The Bertz CT molecular complexity index is 641. The standard InChI is InChI=1S/C12H21NO10S3.K/c1-25(18)5-3-2-4-8(13-23-26(19,20)21)24-12-11(17)10(16)9(15)7(6-14)22-12;/h3,5,7,9-12,14-17H,2,4,6H2,1H3,(H,19,20,21);/t7-,9-,10+,11-,12+,25?;/m1./s1. The molecule has 6 atom stereocenters. The molecule has 0 aliphatic carbocycles. The Morgan fingerprint density at radius 2 is 1.93 bits per heavy atom. The molecule has 153 valence electrons. The second-order valence-electron chi connectivity index (χ2n) is 5.21. The third-order valence-electron chi connectivity index (χ3n) is 3.15. The van der Waals surface area contributed by atoms with Gasteiger partial charge in [-0.15, -0.1) is 0 Å². The summed E-state index contributed by atoms with van der Waals surface area (Å²) in [5.74, 6) is 0. The van der Waals surface area contributed by atoms with Crippen molar-refractivity contribution in [2.45, 2.75) is 42.7 Å². The molecule has 1 saturated heterocycles. The smallest absolute Gasteiger partial charge is 0.394 e. The Hall–Kier alpha value is 1.06. The van der Waals surface area contributed by atoms with Crippen LogP contribution in [-0.2, 0) is 30.2 Å². The summed E-state index contributed by atoms with van der Waals surface area (Å²) in [6, 6.07) is 0. The zero-order valence-electron chi connectivity index (χ0n) is 14.6. The van der Waals surface area contributed by atoms with Crippen molar-refractivity contribution in [1.29, 1.82) is 0 Å². The summed E-state index contributed by atoms with van der Waals surface area (Å²) in [6.07, 6.45) is -2.50. The maximum atomic E-state index is 11.0. The minimum atomic E-state index is -4.85. The normalized spacial score (nSPS) is 30.7. The molecule has 0 aromatic carbocycles. The summed E-state index contributed by atoms with van der Waals surface area (Å²) >= 11 is 0.683. The summed E-state index contributed by atoms with van der Waals surface area (Å²) in [5.41, 5.74) is -1.20. The van der Waals surface area contributed by atoms with E-state index in [4.69, 9.17) is 14.4 Å². The van der Waals surface area contributed by atoms with Crippen LogP contribution in [0.2, 0.25) is 0 Å². The molecule has 0 aromatic rings. The van der Waals surface area contributed by atoms with Gasteiger partial charge < -0.3 is 25.2 Å². The fourth-order valence-corrected chi connectivity index (χ4v) is 3.65. The monoisotopic (exact) mass is 474 g/mol. The summed E-state index contributed by atoms with van der Waals surface area (Å²) in [7, 11) is -6.03. The van der Waals surface area contributed by atoms with Gasteiger partial charge in [0.25, 0.3) is 0 Å². The topological polar surface area (TPSA) is 183 Å². The number of aliphatic hydroxyl groups excluding tert-OH is 4. The van der Waals surface area contributed by atoms with Crippen LogP contribution in [0.3, 0.4) is 0 Å². The summed E-state index contributed by atoms with van der Waals surface area (Å²) in [4.78, 5) is 0. The molecule has 27 heavy (non-hydrogen) atoms. The Morgan fingerprint density at radius 1 is 1.30 bits per heavy atom. The number of allylic oxidation sites excluding steroid dienone is 1. The van der Waals surface area contributed by atoms with Crippen LogP contribution in [-0.4, -0.2) is 137 Å². The van der Waals surface area contributed by atoms with E-state index < -0.39 is 57.7 Å². The Kier molecular flexibility index (Phi) is 13.9. The van der Waals surface area contributed by atoms with Crippen LogP contribution in [0.1, 0.15) is 12.8 Å². The maximum absolute atomic E-state index is 11.0. The fourth-order valence-electron chi connectivity index (χ4n) is 1.92. The molecule has 1 rings (SSSR count). The third-order valence-corrected chi connectivity index (χ3v) is 5.16. The van der Waals surface area contributed by atoms with Crippen LogP contribution >= 0.6 is 11.8 Å². The molecule has 1 radical (unpaired) electrons. The molecule has 1 heterocycles. The number of rotatable bonds is 8. The van der Waals surface area contributed by atoms with Crippen molar-refractivity contribution in [3.63, 3.8) is 0 Å². The van der Waals surface area contributed by atoms with Gasteiger partial charge in [0.1, 0.15) is 34.9 Å². The van der Waals surface area contributed by atoms with Crippen LogP contribution in [0.5, 0.6) is 0 Å². The van der Waals surface area contributed by atoms with Crippen LogP contribution in [0.4, 0.5) is 0 Å². The summed E-state index contributed by atoms with van der Waals surface area (Å²) in [6.45, 7) is -0.624. The van der Waals surface area contributed by atoms with Crippen molar-refractivity contribution in [2.75, 3.05) is 12.9 Å². The van der Waals surface area contributed by atoms with E-state index in [9.17, 15) is 27.9 Å². The van der Waals surface area contributed by atoms with Crippen molar-refractivity contribution in [3.8, 4) is 0 Å². The van der Waals surface area contributed by atoms with Gasteiger partial charge in [0.15, 0.2) is 0 Å². The van der Waals surface area contributed by atoms with Crippen LogP contribution in [0.15, 0.2) is 16.6 Å². The molecule has 1 fully saturated rings. The largest absolute Gasteiger partial charge is 0.466 e. The molecule has 5 N–H and O–H groups in total. The minimum Gasteiger partial charge on any atom is -0.394 e. The first-order valence-electron chi connectivity index (χ1n) is 7.24. The van der Waals surface area contributed by atoms with Crippen molar-refractivity contribution in [3.05, 3.63) is 11.5 Å². The number of hydrogen-bond acceptors (Lipinski definition) is 11. The number of oxime groups is 1. The first-order chi connectivity index (χ1) is 12.0. The number of aliphatic hydroxyl groups is 4. The Morgan fingerprint density at radius 3 is 2.44 bits per heavy atom. The summed E-state index contributed by atoms with van der Waals surface area (Å²) in [5, 5.41) is 43.3. The van der Waals surface area contributed by atoms with Gasteiger partial charge in [0.2, 0.25) is 0 Å². The van der Waals surface area contributed by atoms with Gasteiger partial charge in [0, 0.05) is 74.9 Å². The van der Waals surface area contributed by atoms with Crippen molar-refractivity contribution in [2.24, 2.45) is 5.16 Å². The fraction of sp³-hybridized carbons (Fsp3) is 0.750. The maximum Gasteiger partial charge on any atom is 0.466 e. The average molecular weight is 475 g/mol. The minimum absolute atomic E-state index is 0. The Balaban J connectivity index is 0.00000676. The number of ether oxygens (including phenoxy) is 1. The van der Waals surface area contributed by atoms with Gasteiger partial charge in [-0.05, 0) is 11.8 Å². The molecule has 1 aliphatic rings. The molecular weight excluding hydrogens is 453 g/mol. The van der Waals surface area contributed by atoms with Gasteiger partial charge in [-0.25, -0.2) is 4.28 Å². The van der Waals surface area contributed by atoms with E-state index in [-0.39, 0.29) is 69.3 Å². The molecule has 0 saturated carbocycles. The van der Waals surface area contributed by atoms with Gasteiger partial charge >= 0.3 is 10.4 Å². The zero-order valence-corrected chi connectivity index (χ0v) is 20.2. The predicted octanol–water partition coefficient (Wildman–Crippen LogP) is -2.06. The summed E-state index contributed by atoms with van der Waals surface area (Å²) < 4.78 is 50.2. The van der Waals surface area contributed by atoms with Gasteiger partial charge in [0.05, 0.1) is 6.61 Å². The molecule has 0 bridgehead atoms. The molecule has 0 aromatic heterocycles. The van der Waals surface area contributed by atoms with E-state index >= 15 is 0 Å². The molecular formula is C12H21KNO10S3. The Labute approximate surface area is 206 Å². The van der Waals surface area contributed by atoms with E-state index in [0.717, 1.165) is 0 Å². The van der Waals surface area contributed by atoms with E-state index in [1.807, 2.05) is 0 Å². The van der Waals surface area contributed by atoms with Crippen molar-refractivity contribution >= 4 is 89.4 Å². The number of nitrogens with zero attached hydrogens (tertiary/aromatic N) is 1. The first-order valence-corrected chi connectivity index (χ1v) is 11.1. The van der Waals surface area contributed by atoms with Crippen LogP contribution in [0.25, 0.3) is 0 Å². The van der Waals surface area contributed by atoms with E-state index in [0.29, 0.717) is 11.8 Å². The molecule has 0 amide bonds. The SMILES string of the molecule is CS(=O)C=CCCC(=NOS(=O)(=O)O)S[C@@H]1O[C@H](CO)[C@@H](O)[C@H](O)[C@H]1O.[K]. The third kappa shape index (κ3) is 10.6. The van der Waals surface area contributed by atoms with Gasteiger partial charge in [-0.2, -0.15) is 8.42 Å². The van der Waals surface area contributed by atoms with Crippen molar-refractivity contribution in [1.82, 2.24) is 0 Å². The number of hydrogen-bond donors (Lipinski definition) is 5. The zero-order chi connectivity index (χ0) is 19.9. The van der Waals surface area contributed by atoms with E-state index in [2.05, 4.69) is 9.44 Å². The van der Waals surface area contributed by atoms with Crippen molar-refractivity contribution < 1.29 is 46.6 Å².